The summed E-state index contributed by atoms with van der Waals surface area (Å²) in [6, 6.07) is 8.57. The van der Waals surface area contributed by atoms with Gasteiger partial charge in [-0.05, 0) is 83.4 Å². The van der Waals surface area contributed by atoms with Crippen LogP contribution in [0.4, 0.5) is 29.0 Å². The Morgan fingerprint density at radius 3 is 1.28 bits per heavy atom. The van der Waals surface area contributed by atoms with Gasteiger partial charge in [0.2, 0.25) is 22.5 Å². The quantitative estimate of drug-likeness (QED) is 0.0428. The molecule has 0 spiro atoms. The van der Waals surface area contributed by atoms with Gasteiger partial charge in [-0.3, -0.25) is 27.3 Å². The molecular weight excluding hydrogens is 1060 g/mol. The van der Waals surface area contributed by atoms with E-state index >= 15 is 0 Å². The second-order valence-corrected chi connectivity index (χ2v) is 22.1. The monoisotopic (exact) mass is 1080 g/mol. The van der Waals surface area contributed by atoms with Crippen LogP contribution in [0.1, 0.15) is 11.1 Å². The summed E-state index contributed by atoms with van der Waals surface area (Å²) >= 11 is 12.1. The van der Waals surface area contributed by atoms with Crippen LogP contribution in [0.25, 0.3) is 34.9 Å². The third kappa shape index (κ3) is 12.0. The van der Waals surface area contributed by atoms with Crippen molar-refractivity contribution in [3.05, 3.63) is 88.4 Å². The maximum absolute atomic E-state index is 12.7. The zero-order chi connectivity index (χ0) is 49.8. The van der Waals surface area contributed by atoms with Crippen LogP contribution in [-0.4, -0.2) is 108 Å². The van der Waals surface area contributed by atoms with Crippen LogP contribution in [-0.2, 0) is 60.7 Å². The highest BCUT2D eigenvalue weighted by Crippen LogP contribution is 2.34. The van der Waals surface area contributed by atoms with Gasteiger partial charge in [0.25, 0.3) is 60.7 Å². The molecule has 0 saturated carbocycles. The number of halogens is 2. The third-order valence-electron chi connectivity index (χ3n) is 8.45. The number of aromatic nitrogens is 6. The SMILES string of the molecule is Nc1cc(-c2nc(Cl)nc(Nc3cc(S(=O)(=O)O)ccc3S(=O)(=O)O)n2)cc(S(=O)(=O)O)c1C=Cc1ccc(-c2nc(Cl)nc(Nc3cc(S(=O)(=O)O)ccc3S(=O)(=O)O)n2)cc1S(=O)(=O)O. The molecule has 67 heavy (non-hydrogen) atoms. The molecule has 354 valence electrons. The molecule has 6 aromatic rings. The second-order valence-electron chi connectivity index (χ2n) is 13.0. The van der Waals surface area contributed by atoms with Crippen molar-refractivity contribution in [1.82, 2.24) is 29.9 Å². The van der Waals surface area contributed by atoms with E-state index in [-0.39, 0.29) is 16.7 Å². The summed E-state index contributed by atoms with van der Waals surface area (Å²) in [5.41, 5.74) is 2.96. The fourth-order valence-electron chi connectivity index (χ4n) is 5.67. The lowest BCUT2D eigenvalue weighted by atomic mass is 10.1. The van der Waals surface area contributed by atoms with E-state index in [4.69, 9.17) is 28.9 Å². The van der Waals surface area contributed by atoms with Gasteiger partial charge in [0.05, 0.1) is 21.2 Å². The molecule has 0 unspecified atom stereocenters. The predicted molar refractivity (Wildman–Crippen MR) is 232 cm³/mol. The summed E-state index contributed by atoms with van der Waals surface area (Å²) in [5.74, 6) is -2.24. The number of hydrogen-bond acceptors (Lipinski definition) is 21. The van der Waals surface area contributed by atoms with Crippen LogP contribution in [0.5, 0.6) is 0 Å². The van der Waals surface area contributed by atoms with Gasteiger partial charge in [-0.1, -0.05) is 24.3 Å². The summed E-state index contributed by atoms with van der Waals surface area (Å²) in [4.78, 5) is 17.9. The lowest BCUT2D eigenvalue weighted by Crippen LogP contribution is -2.09. The average molecular weight is 1080 g/mol. The van der Waals surface area contributed by atoms with Gasteiger partial charge in [0, 0.05) is 22.4 Å². The smallest absolute Gasteiger partial charge is 0.296 e. The molecule has 0 atom stereocenters. The number of benzene rings is 4. The number of nitrogens with one attached hydrogen (secondary N) is 2. The molecule has 35 heteroatoms. The van der Waals surface area contributed by atoms with Crippen molar-refractivity contribution in [3.8, 4) is 22.8 Å². The van der Waals surface area contributed by atoms with E-state index in [1.165, 1.54) is 0 Å². The van der Waals surface area contributed by atoms with Crippen LogP contribution in [0.3, 0.4) is 0 Å². The highest BCUT2D eigenvalue weighted by atomic mass is 35.5. The normalized spacial score (nSPS) is 12.9. The Kier molecular flexibility index (Phi) is 13.5. The number of anilines is 5. The largest absolute Gasteiger partial charge is 0.398 e. The molecule has 0 amide bonds. The number of rotatable bonds is 14. The maximum Gasteiger partial charge on any atom is 0.296 e. The van der Waals surface area contributed by atoms with Gasteiger partial charge in [-0.25, -0.2) is 0 Å². The fourth-order valence-corrected chi connectivity index (χ4v) is 9.71. The van der Waals surface area contributed by atoms with E-state index in [0.29, 0.717) is 36.4 Å². The average Bonchev–Trinajstić information content (AvgIpc) is 3.17. The lowest BCUT2D eigenvalue weighted by Gasteiger charge is -2.13. The highest BCUT2D eigenvalue weighted by molar-refractivity contribution is 7.87. The lowest BCUT2D eigenvalue weighted by molar-refractivity contribution is 0.479. The summed E-state index contributed by atoms with van der Waals surface area (Å²) in [6.45, 7) is 0. The van der Waals surface area contributed by atoms with Crippen molar-refractivity contribution in [2.24, 2.45) is 0 Å². The molecule has 2 aromatic heterocycles. The van der Waals surface area contributed by atoms with Crippen LogP contribution < -0.4 is 16.4 Å². The summed E-state index contributed by atoms with van der Waals surface area (Å²) in [5, 5.41) is 3.34. The maximum atomic E-state index is 12.7. The van der Waals surface area contributed by atoms with Gasteiger partial charge in [0.1, 0.15) is 19.6 Å². The molecule has 10 N–H and O–H groups in total. The standard InChI is InChI=1S/C32H23Cl2N9O18S6/c33-29-38-27(40-31(42-29)36-21-12-17(62(44,45)46)4-7-23(21)64(50,51)52)15-2-1-14(25(10-15)66(56,57)58)3-6-19-20(35)9-16(11-26(19)67(59,60)61)28-39-30(34)43-32(41-28)37-22-13-18(63(47,48)49)5-8-24(22)65(53,54)55/h1-13H,35H2,(H,44,45,46)(H,47,48,49)(H,50,51,52)(H,53,54,55)(H,56,57,58)(H,59,60,61)(H,36,38,40,42)(H,37,39,41,43). The molecule has 0 aliphatic carbocycles. The number of nitrogens with two attached hydrogens (primary N) is 1. The minimum absolute atomic E-state index is 0.230. The summed E-state index contributed by atoms with van der Waals surface area (Å²) < 4.78 is 204. The van der Waals surface area contributed by atoms with Crippen molar-refractivity contribution in [3.63, 3.8) is 0 Å². The molecule has 0 saturated heterocycles. The Morgan fingerprint density at radius 1 is 0.448 bits per heavy atom. The topological polar surface area (TPSA) is 454 Å². The van der Waals surface area contributed by atoms with Crippen LogP contribution in [0, 0.1) is 0 Å². The van der Waals surface area contributed by atoms with E-state index in [0.717, 1.165) is 42.5 Å². The summed E-state index contributed by atoms with van der Waals surface area (Å²) in [6.07, 6.45) is 1.85. The van der Waals surface area contributed by atoms with E-state index < -0.39 is 147 Å². The minimum Gasteiger partial charge on any atom is -0.398 e. The van der Waals surface area contributed by atoms with Gasteiger partial charge in [-0.2, -0.15) is 80.4 Å². The Balaban J connectivity index is 1.39. The first-order chi connectivity index (χ1) is 30.7. The third-order valence-corrected chi connectivity index (χ3v) is 14.1. The Hall–Kier alpha value is -5.92. The predicted octanol–water partition coefficient (Wildman–Crippen LogP) is 3.42. The summed E-state index contributed by atoms with van der Waals surface area (Å²) in [7, 11) is -30.4. The zero-order valence-electron chi connectivity index (χ0n) is 32.1. The van der Waals surface area contributed by atoms with Crippen LogP contribution in [0.2, 0.25) is 10.6 Å². The van der Waals surface area contributed by atoms with E-state index in [9.17, 15) is 77.8 Å². The Morgan fingerprint density at radius 2 is 0.866 bits per heavy atom. The molecule has 4 aromatic carbocycles. The molecule has 0 bridgehead atoms. The van der Waals surface area contributed by atoms with Crippen molar-refractivity contribution >= 4 is 125 Å². The second kappa shape index (κ2) is 18.0. The number of nitrogen functional groups attached to an aromatic ring is 1. The van der Waals surface area contributed by atoms with Crippen molar-refractivity contribution in [1.29, 1.82) is 0 Å². The van der Waals surface area contributed by atoms with Crippen molar-refractivity contribution in [2.75, 3.05) is 16.4 Å². The van der Waals surface area contributed by atoms with E-state index in [2.05, 4.69) is 40.5 Å². The molecular formula is C32H23Cl2N9O18S6. The molecule has 0 aliphatic heterocycles. The highest BCUT2D eigenvalue weighted by Gasteiger charge is 2.25. The van der Waals surface area contributed by atoms with Gasteiger partial charge < -0.3 is 16.4 Å². The minimum atomic E-state index is -5.26. The first kappa shape index (κ1) is 50.5. The molecule has 0 aliphatic rings. The molecule has 0 radical (unpaired) electrons. The first-order valence-electron chi connectivity index (χ1n) is 16.9. The van der Waals surface area contributed by atoms with E-state index in [1.54, 1.807) is 0 Å². The zero-order valence-corrected chi connectivity index (χ0v) is 38.5. The van der Waals surface area contributed by atoms with E-state index in [1.807, 2.05) is 0 Å². The van der Waals surface area contributed by atoms with Crippen LogP contribution in [0.15, 0.2) is 96.1 Å². The van der Waals surface area contributed by atoms with Crippen molar-refractivity contribution in [2.45, 2.75) is 29.4 Å². The van der Waals surface area contributed by atoms with Gasteiger partial charge in [-0.15, -0.1) is 0 Å². The molecule has 0 fully saturated rings. The Bertz CT molecular complexity index is 3810. The van der Waals surface area contributed by atoms with Crippen molar-refractivity contribution < 1.29 is 77.8 Å². The Labute approximate surface area is 387 Å². The molecule has 27 nitrogen and oxygen atoms in total. The van der Waals surface area contributed by atoms with Gasteiger partial charge in [0.15, 0.2) is 11.6 Å². The van der Waals surface area contributed by atoms with Gasteiger partial charge >= 0.3 is 0 Å². The molecule has 2 heterocycles. The molecule has 6 rings (SSSR count). The number of nitrogens with zero attached hydrogens (tertiary/aromatic N) is 6. The number of hydrogen-bond donors (Lipinski definition) is 9. The first-order valence-corrected chi connectivity index (χ1v) is 26.3. The fraction of sp³-hybridized carbons (Fsp3) is 0. The van der Waals surface area contributed by atoms with Crippen LogP contribution >= 0.6 is 23.2 Å².